The number of carbonyl (C=O) groups is 2. The van der Waals surface area contributed by atoms with E-state index in [1.54, 1.807) is 23.6 Å². The Hall–Kier alpha value is -3.00. The molecule has 3 heterocycles. The van der Waals surface area contributed by atoms with E-state index in [-0.39, 0.29) is 17.7 Å². The van der Waals surface area contributed by atoms with Crippen molar-refractivity contribution in [2.45, 2.75) is 26.8 Å². The van der Waals surface area contributed by atoms with Gasteiger partial charge in [-0.15, -0.1) is 0 Å². The van der Waals surface area contributed by atoms with Gasteiger partial charge in [0, 0.05) is 37.9 Å². The number of pyridine rings is 1. The topological polar surface area (TPSA) is 78.4 Å². The number of nitrogens with zero attached hydrogens (tertiary/aromatic N) is 4. The van der Waals surface area contributed by atoms with E-state index in [0.29, 0.717) is 31.7 Å². The largest absolute Gasteiger partial charge is 0.344 e. The predicted octanol–water partition coefficient (Wildman–Crippen LogP) is 3.10. The normalized spacial score (nSPS) is 15.4. The van der Waals surface area contributed by atoms with E-state index < -0.39 is 6.04 Å². The second-order valence-electron chi connectivity index (χ2n) is 8.15. The average Bonchev–Trinajstić information content (AvgIpc) is 3.21. The molecule has 3 aromatic rings. The van der Waals surface area contributed by atoms with E-state index in [9.17, 15) is 9.59 Å². The van der Waals surface area contributed by atoms with Gasteiger partial charge >= 0.3 is 0 Å². The number of amides is 2. The van der Waals surface area contributed by atoms with E-state index in [4.69, 9.17) is 0 Å². The summed E-state index contributed by atoms with van der Waals surface area (Å²) >= 11 is 1.58. The summed E-state index contributed by atoms with van der Waals surface area (Å²) in [6.07, 6.45) is 1.78. The summed E-state index contributed by atoms with van der Waals surface area (Å²) in [5.41, 5.74) is 2.41. The van der Waals surface area contributed by atoms with Crippen LogP contribution in [0.3, 0.4) is 0 Å². The lowest BCUT2D eigenvalue weighted by Crippen LogP contribution is -2.56. The monoisotopic (exact) mass is 437 g/mol. The highest BCUT2D eigenvalue weighted by Gasteiger charge is 2.31. The second kappa shape index (κ2) is 9.01. The lowest BCUT2D eigenvalue weighted by atomic mass is 10.0. The third-order valence-corrected chi connectivity index (χ3v) is 6.67. The van der Waals surface area contributed by atoms with Crippen LogP contribution < -0.4 is 10.2 Å². The van der Waals surface area contributed by atoms with Gasteiger partial charge in [-0.2, -0.15) is 0 Å². The molecule has 2 aromatic heterocycles. The first kappa shape index (κ1) is 21.2. The summed E-state index contributed by atoms with van der Waals surface area (Å²) in [5, 5.41) is 3.91. The molecule has 2 amide bonds. The Labute approximate surface area is 186 Å². The molecular weight excluding hydrogens is 410 g/mol. The number of thiazole rings is 1. The van der Waals surface area contributed by atoms with Gasteiger partial charge in [-0.05, 0) is 36.6 Å². The van der Waals surface area contributed by atoms with E-state index in [0.717, 1.165) is 21.0 Å². The molecule has 31 heavy (non-hydrogen) atoms. The number of benzene rings is 1. The number of piperazine rings is 1. The molecule has 1 aromatic carbocycles. The molecule has 1 atom stereocenters. The molecule has 1 aliphatic rings. The Morgan fingerprint density at radius 1 is 1.06 bits per heavy atom. The Morgan fingerprint density at radius 2 is 1.81 bits per heavy atom. The molecular formula is C23H27N5O2S. The van der Waals surface area contributed by atoms with Crippen LogP contribution in [0.1, 0.15) is 29.8 Å². The van der Waals surface area contributed by atoms with Crippen molar-refractivity contribution in [2.75, 3.05) is 31.1 Å². The maximum atomic E-state index is 13.2. The van der Waals surface area contributed by atoms with Crippen molar-refractivity contribution in [3.63, 3.8) is 0 Å². The van der Waals surface area contributed by atoms with Crippen LogP contribution in [0.4, 0.5) is 5.13 Å². The van der Waals surface area contributed by atoms with Gasteiger partial charge in [0.15, 0.2) is 5.13 Å². The van der Waals surface area contributed by atoms with E-state index in [1.165, 1.54) is 0 Å². The molecule has 162 valence electrons. The van der Waals surface area contributed by atoms with Crippen molar-refractivity contribution < 1.29 is 9.59 Å². The summed E-state index contributed by atoms with van der Waals surface area (Å²) in [4.78, 5) is 40.0. The maximum Gasteiger partial charge on any atom is 0.252 e. The number of aromatic nitrogens is 2. The zero-order valence-electron chi connectivity index (χ0n) is 18.0. The standard InChI is InChI=1S/C23H27N5O2S/c1-15(2)19(26-20(29)17-8-5-4-7-16(17)3)22(30)27-11-13-28(14-12-27)23-25-18-9-6-10-24-21(18)31-23/h4-10,15,19H,11-14H2,1-3H3,(H,26,29). The molecule has 0 saturated carbocycles. The quantitative estimate of drug-likeness (QED) is 0.664. The van der Waals surface area contributed by atoms with Crippen LogP contribution in [0, 0.1) is 12.8 Å². The van der Waals surface area contributed by atoms with Gasteiger partial charge in [-0.3, -0.25) is 9.59 Å². The second-order valence-corrected chi connectivity index (χ2v) is 9.10. The van der Waals surface area contributed by atoms with E-state index in [2.05, 4.69) is 20.2 Å². The van der Waals surface area contributed by atoms with Gasteiger partial charge in [-0.25, -0.2) is 9.97 Å². The third-order valence-electron chi connectivity index (χ3n) is 5.63. The molecule has 1 unspecified atom stereocenters. The van der Waals surface area contributed by atoms with Crippen molar-refractivity contribution in [2.24, 2.45) is 5.92 Å². The van der Waals surface area contributed by atoms with Crippen LogP contribution in [0.2, 0.25) is 0 Å². The van der Waals surface area contributed by atoms with Crippen molar-refractivity contribution in [1.29, 1.82) is 0 Å². The highest BCUT2D eigenvalue weighted by Crippen LogP contribution is 2.27. The number of fused-ring (bicyclic) bond motifs is 1. The Balaban J connectivity index is 1.41. The van der Waals surface area contributed by atoms with Crippen LogP contribution in [0.25, 0.3) is 10.3 Å². The van der Waals surface area contributed by atoms with E-state index in [1.807, 2.05) is 56.0 Å². The molecule has 0 bridgehead atoms. The number of rotatable bonds is 5. The summed E-state index contributed by atoms with van der Waals surface area (Å²) in [7, 11) is 0. The zero-order valence-corrected chi connectivity index (χ0v) is 18.9. The van der Waals surface area contributed by atoms with Crippen molar-refractivity contribution in [3.8, 4) is 0 Å². The first-order chi connectivity index (χ1) is 14.9. The fraction of sp³-hybridized carbons (Fsp3) is 0.391. The molecule has 0 spiro atoms. The minimum Gasteiger partial charge on any atom is -0.344 e. The summed E-state index contributed by atoms with van der Waals surface area (Å²) in [5.74, 6) is -0.234. The number of anilines is 1. The third kappa shape index (κ3) is 4.54. The number of hydrogen-bond acceptors (Lipinski definition) is 6. The van der Waals surface area contributed by atoms with Gasteiger partial charge in [0.1, 0.15) is 16.4 Å². The van der Waals surface area contributed by atoms with Gasteiger partial charge < -0.3 is 15.1 Å². The zero-order chi connectivity index (χ0) is 22.0. The van der Waals surface area contributed by atoms with Crippen LogP contribution in [0.15, 0.2) is 42.6 Å². The fourth-order valence-corrected chi connectivity index (χ4v) is 4.73. The van der Waals surface area contributed by atoms with Crippen molar-refractivity contribution >= 4 is 38.6 Å². The number of hydrogen-bond donors (Lipinski definition) is 1. The molecule has 1 saturated heterocycles. The van der Waals surface area contributed by atoms with Crippen molar-refractivity contribution in [1.82, 2.24) is 20.2 Å². The molecule has 1 N–H and O–H groups in total. The van der Waals surface area contributed by atoms with Crippen LogP contribution in [0.5, 0.6) is 0 Å². The Bertz CT molecular complexity index is 1060. The lowest BCUT2D eigenvalue weighted by molar-refractivity contribution is -0.134. The average molecular weight is 438 g/mol. The number of carbonyl (C=O) groups excluding carboxylic acids is 2. The lowest BCUT2D eigenvalue weighted by Gasteiger charge is -2.37. The Morgan fingerprint density at radius 3 is 2.48 bits per heavy atom. The first-order valence-corrected chi connectivity index (χ1v) is 11.4. The van der Waals surface area contributed by atoms with Crippen LogP contribution in [-0.2, 0) is 4.79 Å². The van der Waals surface area contributed by atoms with Crippen LogP contribution >= 0.6 is 11.3 Å². The predicted molar refractivity (Wildman–Crippen MR) is 123 cm³/mol. The summed E-state index contributed by atoms with van der Waals surface area (Å²) in [6, 6.07) is 10.7. The smallest absolute Gasteiger partial charge is 0.252 e. The number of aryl methyl sites for hydroxylation is 1. The highest BCUT2D eigenvalue weighted by molar-refractivity contribution is 7.21. The van der Waals surface area contributed by atoms with Gasteiger partial charge in [0.2, 0.25) is 5.91 Å². The van der Waals surface area contributed by atoms with Crippen molar-refractivity contribution in [3.05, 3.63) is 53.7 Å². The highest BCUT2D eigenvalue weighted by atomic mass is 32.1. The molecule has 8 heteroatoms. The number of nitrogens with one attached hydrogen (secondary N) is 1. The molecule has 4 rings (SSSR count). The molecule has 1 fully saturated rings. The van der Waals surface area contributed by atoms with Gasteiger partial charge in [0.05, 0.1) is 0 Å². The summed E-state index contributed by atoms with van der Waals surface area (Å²) in [6.45, 7) is 8.45. The minimum atomic E-state index is -0.551. The fourth-order valence-electron chi connectivity index (χ4n) is 3.77. The molecule has 0 aliphatic carbocycles. The maximum absolute atomic E-state index is 13.2. The Kier molecular flexibility index (Phi) is 6.18. The summed E-state index contributed by atoms with van der Waals surface area (Å²) < 4.78 is 0. The minimum absolute atomic E-state index is 0.00571. The molecule has 7 nitrogen and oxygen atoms in total. The van der Waals surface area contributed by atoms with E-state index >= 15 is 0 Å². The van der Waals surface area contributed by atoms with Gasteiger partial charge in [-0.1, -0.05) is 43.4 Å². The first-order valence-electron chi connectivity index (χ1n) is 10.6. The molecule has 1 aliphatic heterocycles. The van der Waals surface area contributed by atoms with Gasteiger partial charge in [0.25, 0.3) is 5.91 Å². The van der Waals surface area contributed by atoms with Crippen LogP contribution in [-0.4, -0.2) is 58.9 Å². The SMILES string of the molecule is Cc1ccccc1C(=O)NC(C(=O)N1CCN(c2nc3cccnc3s2)CC1)C(C)C. The molecule has 0 radical (unpaired) electrons.